The van der Waals surface area contributed by atoms with Gasteiger partial charge < -0.3 is 4.57 Å². The van der Waals surface area contributed by atoms with Crippen LogP contribution in [0.15, 0.2) is 42.1 Å². The number of aryl methyl sites for hydroxylation is 2. The average Bonchev–Trinajstić information content (AvgIpc) is 2.99. The van der Waals surface area contributed by atoms with E-state index in [-0.39, 0.29) is 10.7 Å². The number of aromatic nitrogens is 1. The molecule has 1 saturated heterocycles. The van der Waals surface area contributed by atoms with Crippen molar-refractivity contribution in [1.82, 2.24) is 9.88 Å². The maximum Gasteiger partial charge on any atom is 0.270 e. The molecule has 0 unspecified atom stereocenters. The van der Waals surface area contributed by atoms with Crippen LogP contribution in [0.3, 0.4) is 0 Å². The minimum absolute atomic E-state index is 0.0791. The lowest BCUT2D eigenvalue weighted by Crippen LogP contribution is -2.54. The number of thiocarbonyl (C=S) groups is 1. The van der Waals surface area contributed by atoms with Crippen molar-refractivity contribution >= 4 is 40.9 Å². The van der Waals surface area contributed by atoms with Gasteiger partial charge in [0.25, 0.3) is 11.8 Å². The zero-order valence-electron chi connectivity index (χ0n) is 15.9. The number of rotatable bonds is 4. The minimum atomic E-state index is -0.467. The van der Waals surface area contributed by atoms with Crippen LogP contribution < -0.4 is 10.2 Å². The van der Waals surface area contributed by atoms with Crippen LogP contribution in [0, 0.1) is 6.92 Å². The molecular formula is C21H23N3O2S. The van der Waals surface area contributed by atoms with Crippen LogP contribution in [0.4, 0.5) is 5.69 Å². The van der Waals surface area contributed by atoms with Gasteiger partial charge >= 0.3 is 0 Å². The molecule has 140 valence electrons. The fourth-order valence-electron chi connectivity index (χ4n) is 3.32. The van der Waals surface area contributed by atoms with E-state index >= 15 is 0 Å². The first kappa shape index (κ1) is 19.0. The van der Waals surface area contributed by atoms with Gasteiger partial charge in [0.2, 0.25) is 0 Å². The zero-order chi connectivity index (χ0) is 19.7. The predicted molar refractivity (Wildman–Crippen MR) is 112 cm³/mol. The fraction of sp³-hybridized carbons (Fsp3) is 0.286. The van der Waals surface area contributed by atoms with E-state index in [9.17, 15) is 9.59 Å². The summed E-state index contributed by atoms with van der Waals surface area (Å²) in [6, 6.07) is 9.84. The molecule has 1 aromatic carbocycles. The molecule has 2 aromatic rings. The molecule has 1 fully saturated rings. The number of carbonyl (C=O) groups is 2. The van der Waals surface area contributed by atoms with E-state index in [0.29, 0.717) is 11.7 Å². The number of amides is 2. The van der Waals surface area contributed by atoms with Crippen LogP contribution in [0.5, 0.6) is 0 Å². The van der Waals surface area contributed by atoms with Gasteiger partial charge in [0.15, 0.2) is 5.11 Å². The van der Waals surface area contributed by atoms with Gasteiger partial charge in [-0.3, -0.25) is 19.8 Å². The van der Waals surface area contributed by atoms with Crippen LogP contribution >= 0.6 is 12.2 Å². The second-order valence-electron chi connectivity index (χ2n) is 6.86. The van der Waals surface area contributed by atoms with Crippen LogP contribution in [0.25, 0.3) is 6.08 Å². The van der Waals surface area contributed by atoms with E-state index in [1.165, 1.54) is 4.90 Å². The number of benzene rings is 1. The van der Waals surface area contributed by atoms with Gasteiger partial charge in [0, 0.05) is 17.9 Å². The highest BCUT2D eigenvalue weighted by molar-refractivity contribution is 7.80. The Morgan fingerprint density at radius 1 is 1.22 bits per heavy atom. The highest BCUT2D eigenvalue weighted by Crippen LogP contribution is 2.26. The lowest BCUT2D eigenvalue weighted by atomic mass is 10.1. The maximum absolute atomic E-state index is 13.1. The molecule has 0 saturated carbocycles. The Morgan fingerprint density at radius 2 is 1.93 bits per heavy atom. The Labute approximate surface area is 164 Å². The first-order valence-corrected chi connectivity index (χ1v) is 9.42. The number of hydrogen-bond acceptors (Lipinski definition) is 3. The minimum Gasteiger partial charge on any atom is -0.349 e. The van der Waals surface area contributed by atoms with E-state index in [2.05, 4.69) is 23.7 Å². The normalized spacial score (nSPS) is 16.4. The van der Waals surface area contributed by atoms with E-state index < -0.39 is 11.8 Å². The quantitative estimate of drug-likeness (QED) is 0.498. The molecule has 0 bridgehead atoms. The number of nitrogens with one attached hydrogen (secondary N) is 1. The van der Waals surface area contributed by atoms with Crippen LogP contribution in [0.2, 0.25) is 0 Å². The Bertz CT molecular complexity index is 956. The SMILES string of the molecule is CCc1ccccc1N1C(=O)/C(=C\c2cc(C)n(C(C)C)c2)C(=O)NC1=S. The van der Waals surface area contributed by atoms with Crippen LogP contribution in [-0.4, -0.2) is 21.5 Å². The molecule has 0 atom stereocenters. The smallest absolute Gasteiger partial charge is 0.270 e. The summed E-state index contributed by atoms with van der Waals surface area (Å²) in [7, 11) is 0. The number of para-hydroxylation sites is 1. The first-order valence-electron chi connectivity index (χ1n) is 9.01. The van der Waals surface area contributed by atoms with E-state index in [0.717, 1.165) is 23.2 Å². The second-order valence-corrected chi connectivity index (χ2v) is 7.24. The highest BCUT2D eigenvalue weighted by atomic mass is 32.1. The molecule has 0 aliphatic carbocycles. The summed E-state index contributed by atoms with van der Waals surface area (Å²) in [5, 5.41) is 2.76. The lowest BCUT2D eigenvalue weighted by molar-refractivity contribution is -0.122. The fourth-order valence-corrected chi connectivity index (χ4v) is 3.60. The summed E-state index contributed by atoms with van der Waals surface area (Å²) < 4.78 is 2.10. The molecule has 27 heavy (non-hydrogen) atoms. The van der Waals surface area contributed by atoms with E-state index in [1.807, 2.05) is 50.4 Å². The Balaban J connectivity index is 2.04. The zero-order valence-corrected chi connectivity index (χ0v) is 16.8. The molecular weight excluding hydrogens is 358 g/mol. The summed E-state index contributed by atoms with van der Waals surface area (Å²) in [5.74, 6) is -0.871. The first-order chi connectivity index (χ1) is 12.8. The van der Waals surface area contributed by atoms with Gasteiger partial charge in [-0.25, -0.2) is 0 Å². The third-order valence-corrected chi connectivity index (χ3v) is 4.94. The summed E-state index contributed by atoms with van der Waals surface area (Å²) in [6.45, 7) is 8.20. The summed E-state index contributed by atoms with van der Waals surface area (Å²) in [6.07, 6.45) is 4.34. The maximum atomic E-state index is 13.1. The lowest BCUT2D eigenvalue weighted by Gasteiger charge is -2.30. The second kappa shape index (κ2) is 7.48. The Morgan fingerprint density at radius 3 is 2.56 bits per heavy atom. The summed E-state index contributed by atoms with van der Waals surface area (Å²) in [5.41, 5.74) is 3.67. The monoisotopic (exact) mass is 381 g/mol. The molecule has 1 aliphatic rings. The molecule has 2 heterocycles. The van der Waals surface area contributed by atoms with Gasteiger partial charge in [-0.1, -0.05) is 25.1 Å². The average molecular weight is 382 g/mol. The van der Waals surface area contributed by atoms with Crippen molar-refractivity contribution in [2.24, 2.45) is 0 Å². The third-order valence-electron chi connectivity index (χ3n) is 4.65. The molecule has 0 spiro atoms. The summed E-state index contributed by atoms with van der Waals surface area (Å²) in [4.78, 5) is 27.0. The predicted octanol–water partition coefficient (Wildman–Crippen LogP) is 3.77. The van der Waals surface area contributed by atoms with Crippen molar-refractivity contribution in [3.63, 3.8) is 0 Å². The third kappa shape index (κ3) is 3.57. The van der Waals surface area contributed by atoms with Gasteiger partial charge in [-0.2, -0.15) is 0 Å². The molecule has 1 aliphatic heterocycles. The Hall–Kier alpha value is -2.73. The largest absolute Gasteiger partial charge is 0.349 e. The standard InChI is InChI=1S/C21H23N3O2S/c1-5-16-8-6-7-9-18(16)24-20(26)17(19(25)22-21(24)27)11-15-10-14(4)23(12-15)13(2)3/h6-13H,5H2,1-4H3,(H,22,25,27)/b17-11-. The molecule has 1 aromatic heterocycles. The highest BCUT2D eigenvalue weighted by Gasteiger charge is 2.35. The van der Waals surface area contributed by atoms with Crippen molar-refractivity contribution in [2.45, 2.75) is 40.2 Å². The number of nitrogens with zero attached hydrogens (tertiary/aromatic N) is 2. The van der Waals surface area contributed by atoms with E-state index in [1.54, 1.807) is 6.08 Å². The van der Waals surface area contributed by atoms with Gasteiger partial charge in [0.05, 0.1) is 5.69 Å². The molecule has 5 nitrogen and oxygen atoms in total. The van der Waals surface area contributed by atoms with Crippen LogP contribution in [0.1, 0.15) is 43.6 Å². The number of carbonyl (C=O) groups excluding carboxylic acids is 2. The van der Waals surface area contributed by atoms with Crippen molar-refractivity contribution in [3.05, 3.63) is 58.9 Å². The van der Waals surface area contributed by atoms with Crippen molar-refractivity contribution < 1.29 is 9.59 Å². The van der Waals surface area contributed by atoms with Crippen molar-refractivity contribution in [1.29, 1.82) is 0 Å². The Kier molecular flexibility index (Phi) is 5.28. The van der Waals surface area contributed by atoms with Crippen molar-refractivity contribution in [3.8, 4) is 0 Å². The van der Waals surface area contributed by atoms with Crippen molar-refractivity contribution in [2.75, 3.05) is 4.90 Å². The van der Waals surface area contributed by atoms with Gasteiger partial charge in [-0.15, -0.1) is 0 Å². The van der Waals surface area contributed by atoms with E-state index in [4.69, 9.17) is 12.2 Å². The van der Waals surface area contributed by atoms with Gasteiger partial charge in [0.1, 0.15) is 5.57 Å². The number of hydrogen-bond donors (Lipinski definition) is 1. The van der Waals surface area contributed by atoms with Gasteiger partial charge in [-0.05, 0) is 68.7 Å². The molecule has 6 heteroatoms. The molecule has 1 N–H and O–H groups in total. The number of anilines is 1. The molecule has 3 rings (SSSR count). The summed E-state index contributed by atoms with van der Waals surface area (Å²) >= 11 is 5.29. The molecule has 2 amide bonds. The topological polar surface area (TPSA) is 54.3 Å². The van der Waals surface area contributed by atoms with Crippen LogP contribution in [-0.2, 0) is 16.0 Å². The molecule has 0 radical (unpaired) electrons.